The van der Waals surface area contributed by atoms with Crippen molar-refractivity contribution < 1.29 is 4.43 Å². The van der Waals surface area contributed by atoms with Crippen molar-refractivity contribution in [2.75, 3.05) is 0 Å². The van der Waals surface area contributed by atoms with E-state index >= 15 is 0 Å². The lowest BCUT2D eigenvalue weighted by Gasteiger charge is -2.16. The highest BCUT2D eigenvalue weighted by molar-refractivity contribution is 6.69. The van der Waals surface area contributed by atoms with Crippen molar-refractivity contribution >= 4 is 13.9 Å². The summed E-state index contributed by atoms with van der Waals surface area (Å²) in [6, 6.07) is 20.5. The Bertz CT molecular complexity index is 497. The highest BCUT2D eigenvalue weighted by Gasteiger charge is 2.15. The van der Waals surface area contributed by atoms with E-state index in [4.69, 9.17) is 4.43 Å². The maximum Gasteiger partial charge on any atom is 0.242 e. The van der Waals surface area contributed by atoms with E-state index in [9.17, 15) is 0 Å². The minimum Gasteiger partial charge on any atom is -0.541 e. The van der Waals surface area contributed by atoms with Crippen LogP contribution >= 0.6 is 0 Å². The maximum atomic E-state index is 5.85. The molecule has 19 heavy (non-hydrogen) atoms. The van der Waals surface area contributed by atoms with Gasteiger partial charge in [0.25, 0.3) is 0 Å². The van der Waals surface area contributed by atoms with E-state index < -0.39 is 8.32 Å². The van der Waals surface area contributed by atoms with E-state index in [0.717, 1.165) is 16.7 Å². The molecular weight excluding hydrogens is 248 g/mol. The van der Waals surface area contributed by atoms with E-state index in [0.29, 0.717) is 0 Å². The van der Waals surface area contributed by atoms with Gasteiger partial charge in [0.2, 0.25) is 8.32 Å². The van der Waals surface area contributed by atoms with Crippen LogP contribution in [0.5, 0.6) is 0 Å². The van der Waals surface area contributed by atoms with E-state index in [-0.39, 0.29) is 0 Å². The van der Waals surface area contributed by atoms with Crippen LogP contribution in [0.1, 0.15) is 11.1 Å². The summed E-state index contributed by atoms with van der Waals surface area (Å²) in [4.78, 5) is 0. The first-order valence-corrected chi connectivity index (χ1v) is 9.89. The molecule has 0 saturated heterocycles. The van der Waals surface area contributed by atoms with Gasteiger partial charge in [-0.05, 0) is 30.8 Å². The predicted molar refractivity (Wildman–Crippen MR) is 83.1 cm³/mol. The Morgan fingerprint density at radius 1 is 0.789 bits per heavy atom. The fraction of sp³-hybridized carbons (Fsp3) is 0.176. The van der Waals surface area contributed by atoms with Gasteiger partial charge in [0.1, 0.15) is 0 Å². The third-order valence-electron chi connectivity index (χ3n) is 2.58. The first-order valence-electron chi connectivity index (χ1n) is 6.48. The number of benzene rings is 2. The molecule has 0 bridgehead atoms. The van der Waals surface area contributed by atoms with Crippen LogP contribution in [0.25, 0.3) is 5.57 Å². The second kappa shape index (κ2) is 5.89. The van der Waals surface area contributed by atoms with Crippen LogP contribution in [0.15, 0.2) is 60.7 Å². The molecule has 0 aliphatic carbocycles. The zero-order chi connectivity index (χ0) is 13.7. The lowest BCUT2D eigenvalue weighted by Crippen LogP contribution is -2.22. The van der Waals surface area contributed by atoms with Gasteiger partial charge in [-0.1, -0.05) is 60.7 Å². The molecule has 0 aromatic heterocycles. The van der Waals surface area contributed by atoms with E-state index in [1.54, 1.807) is 0 Å². The van der Waals surface area contributed by atoms with Gasteiger partial charge in [0, 0.05) is 5.57 Å². The maximum absolute atomic E-state index is 5.85. The van der Waals surface area contributed by atoms with E-state index in [2.05, 4.69) is 50.2 Å². The van der Waals surface area contributed by atoms with Crippen molar-refractivity contribution in [1.29, 1.82) is 0 Å². The predicted octanol–water partition coefficient (Wildman–Crippen LogP) is 4.73. The quantitative estimate of drug-likeness (QED) is 0.575. The zero-order valence-electron chi connectivity index (χ0n) is 11.7. The van der Waals surface area contributed by atoms with Crippen LogP contribution in [0.3, 0.4) is 0 Å². The molecule has 2 aromatic carbocycles. The summed E-state index contributed by atoms with van der Waals surface area (Å²) in [6.45, 7) is 6.48. The van der Waals surface area contributed by atoms with Crippen LogP contribution in [0, 0.1) is 6.26 Å². The molecule has 0 N–H and O–H groups in total. The molecule has 0 aliphatic rings. The van der Waals surface area contributed by atoms with Gasteiger partial charge < -0.3 is 4.43 Å². The molecule has 0 heterocycles. The van der Waals surface area contributed by atoms with Crippen LogP contribution in [-0.2, 0) is 4.43 Å². The summed E-state index contributed by atoms with van der Waals surface area (Å²) in [5.41, 5.74) is 3.28. The molecule has 1 radical (unpaired) electrons. The van der Waals surface area contributed by atoms with Gasteiger partial charge in [-0.3, -0.25) is 0 Å². The lowest BCUT2D eigenvalue weighted by atomic mass is 9.99. The van der Waals surface area contributed by atoms with Crippen LogP contribution in [0.2, 0.25) is 19.6 Å². The second-order valence-corrected chi connectivity index (χ2v) is 9.85. The topological polar surface area (TPSA) is 9.23 Å². The van der Waals surface area contributed by atoms with Crippen molar-refractivity contribution in [2.24, 2.45) is 0 Å². The Kier molecular flexibility index (Phi) is 4.22. The fourth-order valence-corrected chi connectivity index (χ4v) is 2.11. The van der Waals surface area contributed by atoms with Gasteiger partial charge in [-0.25, -0.2) is 0 Å². The van der Waals surface area contributed by atoms with Gasteiger partial charge in [0.05, 0.1) is 0 Å². The highest BCUT2D eigenvalue weighted by atomic mass is 28.4. The summed E-state index contributed by atoms with van der Waals surface area (Å²) in [7, 11) is -1.62. The minimum absolute atomic E-state index is 1.02. The highest BCUT2D eigenvalue weighted by Crippen LogP contribution is 2.23. The van der Waals surface area contributed by atoms with Crippen LogP contribution < -0.4 is 0 Å². The van der Waals surface area contributed by atoms with Crippen molar-refractivity contribution in [2.45, 2.75) is 19.6 Å². The number of hydrogen-bond acceptors (Lipinski definition) is 1. The van der Waals surface area contributed by atoms with Gasteiger partial charge in [-0.2, -0.15) is 0 Å². The molecule has 0 saturated carbocycles. The first-order chi connectivity index (χ1) is 9.06. The first kappa shape index (κ1) is 13.6. The van der Waals surface area contributed by atoms with Gasteiger partial charge >= 0.3 is 0 Å². The summed E-state index contributed by atoms with van der Waals surface area (Å²) < 4.78 is 5.85. The average molecular weight is 267 g/mol. The molecule has 2 rings (SSSR count). The van der Waals surface area contributed by atoms with Crippen molar-refractivity contribution in [3.63, 3.8) is 0 Å². The summed E-state index contributed by atoms with van der Waals surface area (Å²) in [5.74, 6) is 0. The SMILES string of the molecule is C[Si](C)(C)O[C]=C(c1ccccc1)c1ccccc1. The van der Waals surface area contributed by atoms with Crippen LogP contribution in [-0.4, -0.2) is 8.32 Å². The van der Waals surface area contributed by atoms with Gasteiger partial charge in [-0.15, -0.1) is 0 Å². The van der Waals surface area contributed by atoms with Crippen molar-refractivity contribution in [3.05, 3.63) is 78.1 Å². The molecule has 0 spiro atoms. The zero-order valence-corrected chi connectivity index (χ0v) is 12.7. The summed E-state index contributed by atoms with van der Waals surface area (Å²) in [5, 5.41) is 0. The molecule has 0 atom stereocenters. The number of rotatable bonds is 4. The molecule has 0 aliphatic heterocycles. The van der Waals surface area contributed by atoms with Crippen molar-refractivity contribution in [3.8, 4) is 0 Å². The summed E-state index contributed by atoms with van der Waals surface area (Å²) >= 11 is 0. The third-order valence-corrected chi connectivity index (χ3v) is 3.30. The Hall–Kier alpha value is -1.80. The average Bonchev–Trinajstić information content (AvgIpc) is 2.40. The Morgan fingerprint density at radius 3 is 1.58 bits per heavy atom. The fourth-order valence-electron chi connectivity index (χ4n) is 1.70. The van der Waals surface area contributed by atoms with E-state index in [1.807, 2.05) is 36.4 Å². The molecule has 0 fully saturated rings. The monoisotopic (exact) mass is 267 g/mol. The smallest absolute Gasteiger partial charge is 0.242 e. The minimum atomic E-state index is -1.62. The normalized spacial score (nSPS) is 10.9. The molecule has 2 aromatic rings. The molecule has 2 heteroatoms. The molecular formula is C17H19OSi. The third kappa shape index (κ3) is 4.11. The number of hydrogen-bond donors (Lipinski definition) is 0. The van der Waals surface area contributed by atoms with E-state index in [1.165, 1.54) is 0 Å². The summed E-state index contributed by atoms with van der Waals surface area (Å²) in [6.07, 6.45) is 3.17. The standard InChI is InChI=1S/C17H19OSi/c1-19(2,3)18-14-17(15-10-6-4-7-11-15)16-12-8-5-9-13-16/h4-13H,1-3H3. The Balaban J connectivity index is 2.40. The van der Waals surface area contributed by atoms with Crippen molar-refractivity contribution in [1.82, 2.24) is 0 Å². The molecule has 97 valence electrons. The Morgan fingerprint density at radius 2 is 1.21 bits per heavy atom. The molecule has 1 nitrogen and oxygen atoms in total. The molecule has 0 amide bonds. The Labute approximate surface area is 116 Å². The lowest BCUT2D eigenvalue weighted by molar-refractivity contribution is 0.453. The van der Waals surface area contributed by atoms with Gasteiger partial charge in [0.15, 0.2) is 6.26 Å². The second-order valence-electron chi connectivity index (χ2n) is 5.42. The molecule has 0 unspecified atom stereocenters. The largest absolute Gasteiger partial charge is 0.541 e. The van der Waals surface area contributed by atoms with Crippen LogP contribution in [0.4, 0.5) is 0 Å².